The van der Waals surface area contributed by atoms with Crippen molar-refractivity contribution in [3.8, 4) is 5.75 Å². The number of halogens is 1. The van der Waals surface area contributed by atoms with Crippen LogP contribution in [-0.2, 0) is 17.9 Å². The van der Waals surface area contributed by atoms with Crippen molar-refractivity contribution in [2.24, 2.45) is 0 Å². The molecule has 5 heteroatoms. The average Bonchev–Trinajstić information content (AvgIpc) is 2.58. The van der Waals surface area contributed by atoms with Crippen LogP contribution in [0.15, 0.2) is 53.0 Å². The zero-order valence-corrected chi connectivity index (χ0v) is 15.7. The summed E-state index contributed by atoms with van der Waals surface area (Å²) in [5.74, 6) is 0.978. The van der Waals surface area contributed by atoms with E-state index in [0.29, 0.717) is 26.1 Å². The number of ether oxygens (including phenoxy) is 1. The number of carbonyl (C=O) groups excluding carboxylic acids is 1. The van der Waals surface area contributed by atoms with Crippen LogP contribution in [0, 0.1) is 0 Å². The highest BCUT2D eigenvalue weighted by Crippen LogP contribution is 2.24. The van der Waals surface area contributed by atoms with E-state index in [1.807, 2.05) is 48.5 Å². The molecule has 0 heterocycles. The maximum Gasteiger partial charge on any atom is 0.223 e. The molecule has 0 atom stereocenters. The Bertz CT molecular complexity index is 660. The smallest absolute Gasteiger partial charge is 0.223 e. The Morgan fingerprint density at radius 3 is 2.62 bits per heavy atom. The van der Waals surface area contributed by atoms with E-state index in [0.717, 1.165) is 21.3 Å². The lowest BCUT2D eigenvalue weighted by Crippen LogP contribution is -2.26. The van der Waals surface area contributed by atoms with Crippen molar-refractivity contribution in [1.82, 2.24) is 10.2 Å². The Labute approximate surface area is 151 Å². The fourth-order valence-electron chi connectivity index (χ4n) is 2.20. The highest BCUT2D eigenvalue weighted by atomic mass is 79.9. The molecule has 0 aromatic heterocycles. The Balaban J connectivity index is 1.91. The highest BCUT2D eigenvalue weighted by Gasteiger charge is 2.07. The molecule has 0 aliphatic rings. The van der Waals surface area contributed by atoms with Crippen LogP contribution in [0.1, 0.15) is 17.5 Å². The zero-order valence-electron chi connectivity index (χ0n) is 14.1. The van der Waals surface area contributed by atoms with Crippen LogP contribution >= 0.6 is 15.9 Å². The first kappa shape index (κ1) is 18.5. The van der Waals surface area contributed by atoms with E-state index in [4.69, 9.17) is 4.74 Å². The first-order chi connectivity index (χ1) is 11.6. The minimum absolute atomic E-state index is 0.122. The van der Waals surface area contributed by atoms with Gasteiger partial charge in [-0.25, -0.2) is 0 Å². The van der Waals surface area contributed by atoms with Crippen LogP contribution in [0.4, 0.5) is 0 Å². The van der Waals surface area contributed by atoms with Gasteiger partial charge in [0.15, 0.2) is 0 Å². The van der Waals surface area contributed by atoms with Gasteiger partial charge in [-0.15, -0.1) is 0 Å². The number of rotatable bonds is 8. The standard InChI is InChI=1S/C19H23BrN2O2/c1-22(2)19(23)10-11-21-13-16-12-17(20)8-9-18(16)24-14-15-6-4-3-5-7-15/h3-9,12,21H,10-11,13-14H2,1-2H3. The van der Waals surface area contributed by atoms with Gasteiger partial charge in [0.25, 0.3) is 0 Å². The Hall–Kier alpha value is -1.85. The van der Waals surface area contributed by atoms with Gasteiger partial charge in [-0.1, -0.05) is 46.3 Å². The molecule has 0 fully saturated rings. The molecule has 0 radical (unpaired) electrons. The minimum atomic E-state index is 0.122. The summed E-state index contributed by atoms with van der Waals surface area (Å²) in [7, 11) is 3.54. The molecular weight excluding hydrogens is 368 g/mol. The van der Waals surface area contributed by atoms with Gasteiger partial charge in [0, 0.05) is 43.6 Å². The number of hydrogen-bond acceptors (Lipinski definition) is 3. The molecule has 0 aliphatic carbocycles. The number of nitrogens with one attached hydrogen (secondary N) is 1. The van der Waals surface area contributed by atoms with Gasteiger partial charge < -0.3 is 15.0 Å². The molecule has 2 rings (SSSR count). The molecule has 0 bridgehead atoms. The largest absolute Gasteiger partial charge is 0.489 e. The molecule has 0 aliphatic heterocycles. The summed E-state index contributed by atoms with van der Waals surface area (Å²) in [5, 5.41) is 3.30. The van der Waals surface area contributed by atoms with E-state index in [2.05, 4.69) is 21.2 Å². The van der Waals surface area contributed by atoms with Gasteiger partial charge in [0.1, 0.15) is 12.4 Å². The number of benzene rings is 2. The molecule has 128 valence electrons. The normalized spacial score (nSPS) is 10.5. The van der Waals surface area contributed by atoms with Crippen LogP contribution in [0.25, 0.3) is 0 Å². The summed E-state index contributed by atoms with van der Waals surface area (Å²) in [4.78, 5) is 13.2. The monoisotopic (exact) mass is 390 g/mol. The van der Waals surface area contributed by atoms with Crippen LogP contribution < -0.4 is 10.1 Å². The highest BCUT2D eigenvalue weighted by molar-refractivity contribution is 9.10. The van der Waals surface area contributed by atoms with Gasteiger partial charge in [0.2, 0.25) is 5.91 Å². The summed E-state index contributed by atoms with van der Waals surface area (Å²) in [6, 6.07) is 16.1. The lowest BCUT2D eigenvalue weighted by atomic mass is 10.2. The molecule has 0 spiro atoms. The molecule has 1 amide bonds. The number of amides is 1. The molecular formula is C19H23BrN2O2. The van der Waals surface area contributed by atoms with E-state index in [9.17, 15) is 4.79 Å². The third-order valence-electron chi connectivity index (χ3n) is 3.59. The van der Waals surface area contributed by atoms with Gasteiger partial charge in [-0.05, 0) is 23.8 Å². The Morgan fingerprint density at radius 1 is 1.17 bits per heavy atom. The molecule has 0 saturated heterocycles. The summed E-state index contributed by atoms with van der Waals surface area (Å²) in [5.41, 5.74) is 2.20. The molecule has 1 N–H and O–H groups in total. The van der Waals surface area contributed by atoms with Gasteiger partial charge in [0.05, 0.1) is 0 Å². The van der Waals surface area contributed by atoms with Crippen molar-refractivity contribution in [3.05, 3.63) is 64.1 Å². The van der Waals surface area contributed by atoms with Crippen molar-refractivity contribution in [2.45, 2.75) is 19.6 Å². The van der Waals surface area contributed by atoms with Crippen molar-refractivity contribution in [1.29, 1.82) is 0 Å². The second kappa shape index (κ2) is 9.45. The number of nitrogens with zero attached hydrogens (tertiary/aromatic N) is 1. The molecule has 4 nitrogen and oxygen atoms in total. The summed E-state index contributed by atoms with van der Waals surface area (Å²) in [6.07, 6.45) is 0.487. The maximum atomic E-state index is 11.6. The first-order valence-electron chi connectivity index (χ1n) is 7.92. The minimum Gasteiger partial charge on any atom is -0.489 e. The fraction of sp³-hybridized carbons (Fsp3) is 0.316. The van der Waals surface area contributed by atoms with Crippen molar-refractivity contribution in [2.75, 3.05) is 20.6 Å². The van der Waals surface area contributed by atoms with E-state index in [1.165, 1.54) is 0 Å². The number of carbonyl (C=O) groups is 1. The van der Waals surface area contributed by atoms with Crippen LogP contribution in [0.5, 0.6) is 5.75 Å². The predicted octanol–water partition coefficient (Wildman–Crippen LogP) is 3.60. The third-order valence-corrected chi connectivity index (χ3v) is 4.08. The van der Waals surface area contributed by atoms with E-state index in [-0.39, 0.29) is 5.91 Å². The van der Waals surface area contributed by atoms with Gasteiger partial charge >= 0.3 is 0 Å². The number of hydrogen-bond donors (Lipinski definition) is 1. The molecule has 24 heavy (non-hydrogen) atoms. The molecule has 2 aromatic rings. The van der Waals surface area contributed by atoms with Crippen molar-refractivity contribution < 1.29 is 9.53 Å². The second-order valence-corrected chi connectivity index (χ2v) is 6.66. The van der Waals surface area contributed by atoms with E-state index >= 15 is 0 Å². The molecule has 0 saturated carbocycles. The summed E-state index contributed by atoms with van der Waals surface area (Å²) < 4.78 is 6.97. The zero-order chi connectivity index (χ0) is 17.4. The van der Waals surface area contributed by atoms with Gasteiger partial charge in [-0.3, -0.25) is 4.79 Å². The topological polar surface area (TPSA) is 41.6 Å². The SMILES string of the molecule is CN(C)C(=O)CCNCc1cc(Br)ccc1OCc1ccccc1. The maximum absolute atomic E-state index is 11.6. The molecule has 2 aromatic carbocycles. The lowest BCUT2D eigenvalue weighted by Gasteiger charge is -2.14. The molecule has 0 unspecified atom stereocenters. The van der Waals surface area contributed by atoms with Crippen LogP contribution in [-0.4, -0.2) is 31.4 Å². The van der Waals surface area contributed by atoms with Crippen molar-refractivity contribution >= 4 is 21.8 Å². The summed E-state index contributed by atoms with van der Waals surface area (Å²) in [6.45, 7) is 1.83. The average molecular weight is 391 g/mol. The predicted molar refractivity (Wildman–Crippen MR) is 99.9 cm³/mol. The summed E-state index contributed by atoms with van der Waals surface area (Å²) >= 11 is 3.50. The van der Waals surface area contributed by atoms with Crippen LogP contribution in [0.3, 0.4) is 0 Å². The van der Waals surface area contributed by atoms with E-state index < -0.39 is 0 Å². The van der Waals surface area contributed by atoms with Crippen molar-refractivity contribution in [3.63, 3.8) is 0 Å². The Morgan fingerprint density at radius 2 is 1.92 bits per heavy atom. The Kier molecular flexibility index (Phi) is 7.28. The first-order valence-corrected chi connectivity index (χ1v) is 8.71. The fourth-order valence-corrected chi connectivity index (χ4v) is 2.61. The van der Waals surface area contributed by atoms with Crippen LogP contribution in [0.2, 0.25) is 0 Å². The van der Waals surface area contributed by atoms with Gasteiger partial charge in [-0.2, -0.15) is 0 Å². The van der Waals surface area contributed by atoms with E-state index in [1.54, 1.807) is 19.0 Å². The quantitative estimate of drug-likeness (QED) is 0.700. The second-order valence-electron chi connectivity index (χ2n) is 5.74. The lowest BCUT2D eigenvalue weighted by molar-refractivity contribution is -0.128. The third kappa shape index (κ3) is 5.98.